The molecule has 0 radical (unpaired) electrons. The highest BCUT2D eigenvalue weighted by Gasteiger charge is 2.17. The Labute approximate surface area is 188 Å². The van der Waals surface area contributed by atoms with Gasteiger partial charge in [0, 0.05) is 11.6 Å². The number of ether oxygens (including phenoxy) is 1. The first-order valence-electron chi connectivity index (χ1n) is 10.3. The summed E-state index contributed by atoms with van der Waals surface area (Å²) in [6, 6.07) is 7.20. The van der Waals surface area contributed by atoms with Crippen molar-refractivity contribution in [1.82, 2.24) is 9.97 Å². The number of aromatic nitrogens is 2. The predicted molar refractivity (Wildman–Crippen MR) is 123 cm³/mol. The normalized spacial score (nSPS) is 14.2. The Bertz CT molecular complexity index is 1010. The number of pyridine rings is 1. The number of nitrogens with one attached hydrogen (secondary N) is 2. The number of hydrogen-bond donors (Lipinski definition) is 2. The van der Waals surface area contributed by atoms with Crippen LogP contribution in [-0.2, 0) is 11.2 Å². The molecule has 1 aliphatic carbocycles. The summed E-state index contributed by atoms with van der Waals surface area (Å²) >= 11 is 2.66. The van der Waals surface area contributed by atoms with E-state index >= 15 is 0 Å². The van der Waals surface area contributed by atoms with Crippen molar-refractivity contribution in [2.75, 3.05) is 17.2 Å². The molecular formula is C22H24N4O3S2. The molecule has 0 aliphatic heterocycles. The standard InChI is InChI=1S/C22H24N4O3S2/c27-19(12-16-14-31-22(24-16)26-21(28)18-9-5-11-30-18)25-20-17(8-4-10-23-20)29-13-15-6-2-1-3-7-15/h4-5,8-11,14-15H,1-3,6-7,12-13H2,(H,23,25,27)(H,24,26,28). The number of nitrogens with zero attached hydrogens (tertiary/aromatic N) is 2. The lowest BCUT2D eigenvalue weighted by atomic mass is 9.90. The molecule has 0 saturated heterocycles. The molecule has 1 saturated carbocycles. The maximum absolute atomic E-state index is 12.5. The van der Waals surface area contributed by atoms with Crippen molar-refractivity contribution in [3.05, 3.63) is 51.8 Å². The van der Waals surface area contributed by atoms with Crippen molar-refractivity contribution in [2.45, 2.75) is 38.5 Å². The second-order valence-electron chi connectivity index (χ2n) is 7.47. The average Bonchev–Trinajstić information content (AvgIpc) is 3.46. The minimum Gasteiger partial charge on any atom is -0.489 e. The number of carbonyl (C=O) groups is 2. The van der Waals surface area contributed by atoms with E-state index in [-0.39, 0.29) is 18.2 Å². The Morgan fingerprint density at radius 1 is 1.10 bits per heavy atom. The molecule has 3 heterocycles. The van der Waals surface area contributed by atoms with Gasteiger partial charge in [0.25, 0.3) is 5.91 Å². The molecule has 1 fully saturated rings. The first-order chi connectivity index (χ1) is 15.2. The zero-order chi connectivity index (χ0) is 21.5. The SMILES string of the molecule is O=C(Cc1csc(NC(=O)c2cccs2)n1)Nc1ncccc1OCC1CCCCC1. The monoisotopic (exact) mass is 456 g/mol. The highest BCUT2D eigenvalue weighted by molar-refractivity contribution is 7.14. The van der Waals surface area contributed by atoms with E-state index in [9.17, 15) is 9.59 Å². The van der Waals surface area contributed by atoms with Crippen LogP contribution >= 0.6 is 22.7 Å². The van der Waals surface area contributed by atoms with Crippen LogP contribution in [0.15, 0.2) is 41.2 Å². The van der Waals surface area contributed by atoms with Crippen molar-refractivity contribution in [3.8, 4) is 5.75 Å². The molecule has 0 aromatic carbocycles. The lowest BCUT2D eigenvalue weighted by Crippen LogP contribution is -2.19. The number of amides is 2. The van der Waals surface area contributed by atoms with Gasteiger partial charge in [-0.05, 0) is 42.3 Å². The average molecular weight is 457 g/mol. The number of carbonyl (C=O) groups excluding carboxylic acids is 2. The molecule has 2 N–H and O–H groups in total. The molecule has 3 aromatic heterocycles. The van der Waals surface area contributed by atoms with Crippen LogP contribution in [0.3, 0.4) is 0 Å². The van der Waals surface area contributed by atoms with Gasteiger partial charge in [0.15, 0.2) is 16.7 Å². The second kappa shape index (κ2) is 10.5. The fourth-order valence-electron chi connectivity index (χ4n) is 3.52. The molecule has 9 heteroatoms. The third-order valence-corrected chi connectivity index (χ3v) is 6.76. The van der Waals surface area contributed by atoms with Gasteiger partial charge < -0.3 is 10.1 Å². The van der Waals surface area contributed by atoms with Gasteiger partial charge in [-0.15, -0.1) is 22.7 Å². The summed E-state index contributed by atoms with van der Waals surface area (Å²) in [7, 11) is 0. The summed E-state index contributed by atoms with van der Waals surface area (Å²) in [6.45, 7) is 0.647. The van der Waals surface area contributed by atoms with Crippen LogP contribution in [0.25, 0.3) is 0 Å². The number of anilines is 2. The fourth-order valence-corrected chi connectivity index (χ4v) is 4.84. The van der Waals surface area contributed by atoms with E-state index < -0.39 is 0 Å². The maximum atomic E-state index is 12.5. The zero-order valence-electron chi connectivity index (χ0n) is 17.0. The Balaban J connectivity index is 1.31. The molecule has 0 atom stereocenters. The van der Waals surface area contributed by atoms with Gasteiger partial charge in [-0.2, -0.15) is 0 Å². The minimum atomic E-state index is -0.234. The Morgan fingerprint density at radius 3 is 2.77 bits per heavy atom. The largest absolute Gasteiger partial charge is 0.489 e. The molecular weight excluding hydrogens is 432 g/mol. The van der Waals surface area contributed by atoms with Gasteiger partial charge in [-0.3, -0.25) is 14.9 Å². The summed E-state index contributed by atoms with van der Waals surface area (Å²) < 4.78 is 5.97. The summed E-state index contributed by atoms with van der Waals surface area (Å²) in [5.41, 5.74) is 0.588. The summed E-state index contributed by atoms with van der Waals surface area (Å²) in [4.78, 5) is 33.9. The topological polar surface area (TPSA) is 93.2 Å². The third-order valence-electron chi connectivity index (χ3n) is 5.09. The van der Waals surface area contributed by atoms with Crippen LogP contribution in [0, 0.1) is 5.92 Å². The minimum absolute atomic E-state index is 0.0873. The van der Waals surface area contributed by atoms with Crippen LogP contribution in [0.5, 0.6) is 5.75 Å². The van der Waals surface area contributed by atoms with Crippen molar-refractivity contribution in [1.29, 1.82) is 0 Å². The fraction of sp³-hybridized carbons (Fsp3) is 0.364. The molecule has 0 spiro atoms. The number of thiazole rings is 1. The first-order valence-corrected chi connectivity index (χ1v) is 12.1. The van der Waals surface area contributed by atoms with Gasteiger partial charge in [-0.1, -0.05) is 25.3 Å². The third kappa shape index (κ3) is 6.11. The van der Waals surface area contributed by atoms with E-state index in [1.807, 2.05) is 17.5 Å². The molecule has 2 amide bonds. The number of hydrogen-bond acceptors (Lipinski definition) is 7. The molecule has 4 rings (SSSR count). The second-order valence-corrected chi connectivity index (χ2v) is 9.27. The summed E-state index contributed by atoms with van der Waals surface area (Å²) in [5.74, 6) is 1.14. The number of rotatable bonds is 8. The molecule has 7 nitrogen and oxygen atoms in total. The summed E-state index contributed by atoms with van der Waals surface area (Å²) in [5, 5.41) is 9.66. The Hall–Kier alpha value is -2.78. The predicted octanol–water partition coefficient (Wildman–Crippen LogP) is 4.99. The molecule has 31 heavy (non-hydrogen) atoms. The molecule has 0 bridgehead atoms. The van der Waals surface area contributed by atoms with Crippen LogP contribution in [0.1, 0.15) is 47.5 Å². The van der Waals surface area contributed by atoms with E-state index in [0.29, 0.717) is 39.8 Å². The Kier molecular flexibility index (Phi) is 7.26. The lowest BCUT2D eigenvalue weighted by molar-refractivity contribution is -0.115. The van der Waals surface area contributed by atoms with E-state index in [1.54, 1.807) is 23.7 Å². The molecule has 3 aromatic rings. The lowest BCUT2D eigenvalue weighted by Gasteiger charge is -2.22. The smallest absolute Gasteiger partial charge is 0.267 e. The van der Waals surface area contributed by atoms with Gasteiger partial charge >= 0.3 is 0 Å². The van der Waals surface area contributed by atoms with Crippen molar-refractivity contribution in [3.63, 3.8) is 0 Å². The quantitative estimate of drug-likeness (QED) is 0.498. The maximum Gasteiger partial charge on any atom is 0.267 e. The van der Waals surface area contributed by atoms with Crippen molar-refractivity contribution >= 4 is 45.4 Å². The molecule has 1 aliphatic rings. The van der Waals surface area contributed by atoms with E-state index in [2.05, 4.69) is 20.6 Å². The highest BCUT2D eigenvalue weighted by atomic mass is 32.1. The van der Waals surface area contributed by atoms with Crippen LogP contribution < -0.4 is 15.4 Å². The molecule has 0 unspecified atom stereocenters. The van der Waals surface area contributed by atoms with E-state index in [1.165, 1.54) is 54.8 Å². The van der Waals surface area contributed by atoms with Gasteiger partial charge in [0.1, 0.15) is 0 Å². The van der Waals surface area contributed by atoms with Crippen LogP contribution in [-0.4, -0.2) is 28.4 Å². The van der Waals surface area contributed by atoms with E-state index in [0.717, 1.165) is 0 Å². The van der Waals surface area contributed by atoms with Crippen LogP contribution in [0.2, 0.25) is 0 Å². The van der Waals surface area contributed by atoms with E-state index in [4.69, 9.17) is 4.74 Å². The number of thiophene rings is 1. The van der Waals surface area contributed by atoms with Crippen LogP contribution in [0.4, 0.5) is 10.9 Å². The summed E-state index contributed by atoms with van der Waals surface area (Å²) in [6.07, 6.45) is 7.92. The van der Waals surface area contributed by atoms with Gasteiger partial charge in [0.2, 0.25) is 5.91 Å². The van der Waals surface area contributed by atoms with Crippen molar-refractivity contribution in [2.24, 2.45) is 5.92 Å². The zero-order valence-corrected chi connectivity index (χ0v) is 18.6. The van der Waals surface area contributed by atoms with Gasteiger partial charge in [-0.25, -0.2) is 9.97 Å². The molecule has 162 valence electrons. The Morgan fingerprint density at radius 2 is 1.97 bits per heavy atom. The highest BCUT2D eigenvalue weighted by Crippen LogP contribution is 2.27. The van der Waals surface area contributed by atoms with Crippen molar-refractivity contribution < 1.29 is 14.3 Å². The van der Waals surface area contributed by atoms with Gasteiger partial charge in [0.05, 0.1) is 23.6 Å². The first kappa shape index (κ1) is 21.5.